The number of nitrogens with two attached hydrogens (primary N) is 2. The van der Waals surface area contributed by atoms with Crippen LogP contribution in [0, 0.1) is 0 Å². The van der Waals surface area contributed by atoms with Crippen LogP contribution >= 0.6 is 21.6 Å². The first-order valence-corrected chi connectivity index (χ1v) is 5.24. The van der Waals surface area contributed by atoms with Crippen molar-refractivity contribution in [3.8, 4) is 0 Å². The minimum absolute atomic E-state index is 0.420. The maximum absolute atomic E-state index is 8.71. The van der Waals surface area contributed by atoms with Gasteiger partial charge in [-0.05, 0) is 0 Å². The molecule has 0 aliphatic rings. The Labute approximate surface area is 70.1 Å². The first-order chi connectivity index (χ1) is 4.68. The van der Waals surface area contributed by atoms with Crippen LogP contribution in [0.4, 0.5) is 0 Å². The Bertz CT molecular complexity index is 85.7. The van der Waals surface area contributed by atoms with E-state index in [1.807, 2.05) is 0 Å². The molecule has 0 bridgehead atoms. The van der Waals surface area contributed by atoms with Crippen molar-refractivity contribution in [1.29, 1.82) is 0 Å². The molecule has 6 heteroatoms. The van der Waals surface area contributed by atoms with Crippen LogP contribution in [0.2, 0.25) is 0 Å². The molecule has 0 rings (SSSR count). The molecule has 0 aliphatic carbocycles. The Morgan fingerprint density at radius 1 is 1.60 bits per heavy atom. The van der Waals surface area contributed by atoms with Crippen molar-refractivity contribution < 1.29 is 5.11 Å². The van der Waals surface area contributed by atoms with E-state index in [2.05, 4.69) is 0 Å². The van der Waals surface area contributed by atoms with Gasteiger partial charge in [0.1, 0.15) is 6.23 Å². The van der Waals surface area contributed by atoms with E-state index in [-0.39, 0.29) is 0 Å². The van der Waals surface area contributed by atoms with Crippen molar-refractivity contribution in [2.75, 3.05) is 12.3 Å². The molecule has 0 aromatic rings. The third-order valence-electron chi connectivity index (χ3n) is 0.717. The monoisotopic (exact) mass is 178 g/mol. The molecule has 0 aromatic heterocycles. The molecule has 2 radical (unpaired) electrons. The van der Waals surface area contributed by atoms with E-state index < -0.39 is 11.4 Å². The predicted molar refractivity (Wildman–Crippen MR) is 48.8 cm³/mol. The maximum atomic E-state index is 8.71. The Morgan fingerprint density at radius 2 is 2.20 bits per heavy atom. The first kappa shape index (κ1) is 10.6. The van der Waals surface area contributed by atoms with E-state index in [0.29, 0.717) is 6.54 Å². The lowest BCUT2D eigenvalue weighted by molar-refractivity contribution is 0.199. The van der Waals surface area contributed by atoms with Crippen molar-refractivity contribution >= 4 is 29.4 Å². The summed E-state index contributed by atoms with van der Waals surface area (Å²) in [7, 11) is 8.25. The molecule has 0 spiro atoms. The second kappa shape index (κ2) is 6.36. The summed E-state index contributed by atoms with van der Waals surface area (Å²) in [6, 6.07) is 0. The minimum Gasteiger partial charge on any atom is -0.378 e. The summed E-state index contributed by atoms with van der Waals surface area (Å²) in [5.41, 5.74) is 10.3. The molecule has 0 saturated heterocycles. The molecule has 3 nitrogen and oxygen atoms in total. The third kappa shape index (κ3) is 5.43. The van der Waals surface area contributed by atoms with Gasteiger partial charge in [-0.2, -0.15) is 0 Å². The molecule has 0 aromatic carbocycles. The lowest BCUT2D eigenvalue weighted by Crippen LogP contribution is -2.31. The zero-order valence-corrected chi connectivity index (χ0v) is 7.20. The fourth-order valence-corrected chi connectivity index (χ4v) is 2.09. The smallest absolute Gasteiger partial charge is 0.107 e. The molecule has 2 atom stereocenters. The average molecular weight is 178 g/mol. The van der Waals surface area contributed by atoms with Gasteiger partial charge in [0, 0.05) is 17.4 Å². The van der Waals surface area contributed by atoms with Crippen molar-refractivity contribution in [3.05, 3.63) is 0 Å². The zero-order valence-electron chi connectivity index (χ0n) is 5.56. The lowest BCUT2D eigenvalue weighted by Gasteiger charge is -2.12. The summed E-state index contributed by atoms with van der Waals surface area (Å²) < 4.78 is 0. The minimum atomic E-state index is -0.949. The topological polar surface area (TPSA) is 72.3 Å². The summed E-state index contributed by atoms with van der Waals surface area (Å²) in [4.78, 5) is 0. The van der Waals surface area contributed by atoms with Gasteiger partial charge in [-0.1, -0.05) is 21.6 Å². The highest BCUT2D eigenvalue weighted by molar-refractivity contribution is 8.77. The number of aliphatic hydroxyl groups is 1. The molecular formula is C4H11BN2OS2. The van der Waals surface area contributed by atoms with Gasteiger partial charge in [-0.3, -0.25) is 0 Å². The van der Waals surface area contributed by atoms with E-state index in [1.165, 1.54) is 21.6 Å². The summed E-state index contributed by atoms with van der Waals surface area (Å²) in [6.45, 7) is 0.616. The zero-order chi connectivity index (χ0) is 7.98. The SMILES string of the molecule is [B]C(SSCCN)C(N)O. The number of hydrogen-bond donors (Lipinski definition) is 3. The van der Waals surface area contributed by atoms with Crippen LogP contribution in [0.15, 0.2) is 0 Å². The number of rotatable bonds is 5. The summed E-state index contributed by atoms with van der Waals surface area (Å²) in [5.74, 6) is 0.824. The van der Waals surface area contributed by atoms with Crippen molar-refractivity contribution in [3.63, 3.8) is 0 Å². The molecule has 5 N–H and O–H groups in total. The first-order valence-electron chi connectivity index (χ1n) is 2.86. The molecule has 0 saturated carbocycles. The van der Waals surface area contributed by atoms with Crippen LogP contribution < -0.4 is 11.5 Å². The van der Waals surface area contributed by atoms with Crippen LogP contribution in [-0.2, 0) is 0 Å². The maximum Gasteiger partial charge on any atom is 0.107 e. The highest BCUT2D eigenvalue weighted by atomic mass is 33.1. The molecule has 0 amide bonds. The third-order valence-corrected chi connectivity index (χ3v) is 3.33. The second-order valence-electron chi connectivity index (χ2n) is 1.66. The van der Waals surface area contributed by atoms with E-state index in [1.54, 1.807) is 0 Å². The fraction of sp³-hybridized carbons (Fsp3) is 1.00. The van der Waals surface area contributed by atoms with Gasteiger partial charge in [0.2, 0.25) is 0 Å². The van der Waals surface area contributed by atoms with Crippen molar-refractivity contribution in [2.45, 2.75) is 11.4 Å². The molecule has 2 unspecified atom stereocenters. The average Bonchev–Trinajstić information content (AvgIpc) is 1.88. The van der Waals surface area contributed by atoms with Crippen molar-refractivity contribution in [1.82, 2.24) is 0 Å². The standard InChI is InChI=1S/C4H11BN2OS2/c5-3(4(7)8)10-9-2-1-6/h3-4,8H,1-2,6-7H2. The van der Waals surface area contributed by atoms with Crippen LogP contribution in [0.1, 0.15) is 0 Å². The van der Waals surface area contributed by atoms with Gasteiger partial charge >= 0.3 is 0 Å². The van der Waals surface area contributed by atoms with E-state index in [0.717, 1.165) is 5.75 Å². The largest absolute Gasteiger partial charge is 0.378 e. The van der Waals surface area contributed by atoms with Crippen molar-refractivity contribution in [2.24, 2.45) is 11.5 Å². The Morgan fingerprint density at radius 3 is 2.60 bits per heavy atom. The van der Waals surface area contributed by atoms with Crippen LogP contribution in [0.25, 0.3) is 0 Å². The second-order valence-corrected chi connectivity index (χ2v) is 4.33. The molecule has 0 heterocycles. The van der Waals surface area contributed by atoms with Gasteiger partial charge in [0.15, 0.2) is 0 Å². The number of hydrogen-bond acceptors (Lipinski definition) is 5. The fourth-order valence-electron chi connectivity index (χ4n) is 0.232. The normalized spacial score (nSPS) is 16.7. The molecule has 0 fully saturated rings. The Hall–Kier alpha value is 0.645. The van der Waals surface area contributed by atoms with Gasteiger partial charge in [0.05, 0.1) is 7.85 Å². The van der Waals surface area contributed by atoms with Gasteiger partial charge in [-0.15, -0.1) is 0 Å². The van der Waals surface area contributed by atoms with E-state index in [4.69, 9.17) is 24.4 Å². The van der Waals surface area contributed by atoms with E-state index >= 15 is 0 Å². The Balaban J connectivity index is 3.13. The molecular weight excluding hydrogens is 167 g/mol. The van der Waals surface area contributed by atoms with E-state index in [9.17, 15) is 0 Å². The van der Waals surface area contributed by atoms with Gasteiger partial charge in [0.25, 0.3) is 0 Å². The van der Waals surface area contributed by atoms with Crippen LogP contribution in [0.3, 0.4) is 0 Å². The molecule has 10 heavy (non-hydrogen) atoms. The summed E-state index contributed by atoms with van der Waals surface area (Å²) in [5, 5.41) is 8.29. The molecule has 58 valence electrons. The summed E-state index contributed by atoms with van der Waals surface area (Å²) >= 11 is 0. The molecule has 0 aliphatic heterocycles. The van der Waals surface area contributed by atoms with Gasteiger partial charge in [-0.25, -0.2) is 0 Å². The number of aliphatic hydroxyl groups excluding tert-OH is 1. The summed E-state index contributed by atoms with van der Waals surface area (Å²) in [6.07, 6.45) is -0.949. The predicted octanol–water partition coefficient (Wildman–Crippen LogP) is -0.902. The highest BCUT2D eigenvalue weighted by Crippen LogP contribution is 2.24. The quantitative estimate of drug-likeness (QED) is 0.220. The van der Waals surface area contributed by atoms with Crippen LogP contribution in [-0.4, -0.2) is 36.6 Å². The van der Waals surface area contributed by atoms with Crippen LogP contribution in [0.5, 0.6) is 0 Å². The highest BCUT2D eigenvalue weighted by Gasteiger charge is 2.08. The lowest BCUT2D eigenvalue weighted by atomic mass is 10.0. The van der Waals surface area contributed by atoms with Gasteiger partial charge < -0.3 is 16.6 Å². The Kier molecular flexibility index (Phi) is 6.77.